The fourth-order valence-corrected chi connectivity index (χ4v) is 4.48. The highest BCUT2D eigenvalue weighted by atomic mass is 16.5. The van der Waals surface area contributed by atoms with E-state index in [4.69, 9.17) is 4.74 Å². The van der Waals surface area contributed by atoms with Gasteiger partial charge in [0, 0.05) is 43.1 Å². The average molecular weight is 302 g/mol. The zero-order valence-corrected chi connectivity index (χ0v) is 13.9. The number of carbonyl (C=O) groups is 1. The Kier molecular flexibility index (Phi) is 4.00. The number of carbonyl (C=O) groups excluding carboxylic acids is 1. The van der Waals surface area contributed by atoms with Crippen LogP contribution >= 0.6 is 0 Å². The number of nitrogens with zero attached hydrogens (tertiary/aromatic N) is 1. The van der Waals surface area contributed by atoms with Crippen molar-refractivity contribution in [1.29, 1.82) is 0 Å². The third-order valence-electron chi connectivity index (χ3n) is 5.39. The average Bonchev–Trinajstić information content (AvgIpc) is 2.93. The zero-order chi connectivity index (χ0) is 15.9. The van der Waals surface area contributed by atoms with E-state index in [0.29, 0.717) is 23.6 Å². The Hall–Kier alpha value is -1.39. The van der Waals surface area contributed by atoms with Gasteiger partial charge in [0.05, 0.1) is 6.10 Å². The third-order valence-corrected chi connectivity index (χ3v) is 5.39. The van der Waals surface area contributed by atoms with E-state index >= 15 is 0 Å². The molecule has 4 heteroatoms. The molecule has 1 aromatic carbocycles. The molecule has 0 aromatic heterocycles. The minimum atomic E-state index is -0.0361. The van der Waals surface area contributed by atoms with E-state index in [2.05, 4.69) is 43.2 Å². The number of hydrogen-bond donors (Lipinski definition) is 1. The zero-order valence-electron chi connectivity index (χ0n) is 13.9. The van der Waals surface area contributed by atoms with E-state index in [1.807, 2.05) is 12.1 Å². The monoisotopic (exact) mass is 302 g/mol. The predicted octanol–water partition coefficient (Wildman–Crippen LogP) is 2.29. The van der Waals surface area contributed by atoms with Gasteiger partial charge in [0.15, 0.2) is 0 Å². The second kappa shape index (κ2) is 5.67. The van der Waals surface area contributed by atoms with Gasteiger partial charge in [-0.3, -0.25) is 9.69 Å². The molecule has 1 amide bonds. The Morgan fingerprint density at radius 2 is 2.05 bits per heavy atom. The van der Waals surface area contributed by atoms with E-state index in [-0.39, 0.29) is 11.3 Å². The molecule has 1 heterocycles. The van der Waals surface area contributed by atoms with Crippen LogP contribution in [0.1, 0.15) is 36.2 Å². The summed E-state index contributed by atoms with van der Waals surface area (Å²) in [6, 6.07) is 8.47. The van der Waals surface area contributed by atoms with Crippen LogP contribution in [0.5, 0.6) is 0 Å². The molecular weight excluding hydrogens is 276 g/mol. The molecule has 1 aliphatic carbocycles. The fourth-order valence-electron chi connectivity index (χ4n) is 4.48. The van der Waals surface area contributed by atoms with Crippen LogP contribution in [0.15, 0.2) is 24.3 Å². The Labute approximate surface area is 132 Å². The number of rotatable bonds is 4. The largest absolute Gasteiger partial charge is 0.377 e. The molecule has 2 aliphatic rings. The molecule has 22 heavy (non-hydrogen) atoms. The fraction of sp³-hybridized carbons (Fsp3) is 0.611. The van der Waals surface area contributed by atoms with Crippen LogP contribution in [-0.4, -0.2) is 43.7 Å². The highest BCUT2D eigenvalue weighted by Crippen LogP contribution is 2.54. The summed E-state index contributed by atoms with van der Waals surface area (Å²) in [5.41, 5.74) is 2.17. The van der Waals surface area contributed by atoms with Gasteiger partial charge in [0.1, 0.15) is 0 Å². The van der Waals surface area contributed by atoms with E-state index in [1.165, 1.54) is 12.0 Å². The molecule has 3 rings (SSSR count). The summed E-state index contributed by atoms with van der Waals surface area (Å²) in [6.45, 7) is 6.44. The van der Waals surface area contributed by atoms with E-state index in [0.717, 1.165) is 13.2 Å². The summed E-state index contributed by atoms with van der Waals surface area (Å²) in [7, 11) is 3.86. The van der Waals surface area contributed by atoms with Gasteiger partial charge in [-0.25, -0.2) is 0 Å². The molecule has 1 saturated carbocycles. The lowest BCUT2D eigenvalue weighted by Crippen LogP contribution is -2.65. The molecule has 120 valence electrons. The summed E-state index contributed by atoms with van der Waals surface area (Å²) in [6.07, 6.45) is 1.61. The Morgan fingerprint density at radius 3 is 2.68 bits per heavy atom. The summed E-state index contributed by atoms with van der Waals surface area (Å²) < 4.78 is 5.88. The number of fused-ring (bicyclic) bond motifs is 1. The van der Waals surface area contributed by atoms with Crippen molar-refractivity contribution >= 4 is 5.91 Å². The molecule has 0 bridgehead atoms. The number of ether oxygens (including phenoxy) is 1. The molecule has 0 spiro atoms. The van der Waals surface area contributed by atoms with Crippen LogP contribution in [0, 0.1) is 11.3 Å². The van der Waals surface area contributed by atoms with Gasteiger partial charge in [-0.05, 0) is 31.2 Å². The highest BCUT2D eigenvalue weighted by molar-refractivity contribution is 5.93. The first-order valence-corrected chi connectivity index (χ1v) is 8.08. The predicted molar refractivity (Wildman–Crippen MR) is 86.7 cm³/mol. The molecule has 1 N–H and O–H groups in total. The van der Waals surface area contributed by atoms with Crippen LogP contribution in [0.25, 0.3) is 0 Å². The van der Waals surface area contributed by atoms with Crippen molar-refractivity contribution < 1.29 is 9.53 Å². The molecule has 1 aliphatic heterocycles. The van der Waals surface area contributed by atoms with Crippen LogP contribution in [0.2, 0.25) is 0 Å². The Bertz CT molecular complexity index is 553. The Morgan fingerprint density at radius 1 is 1.36 bits per heavy atom. The molecule has 2 fully saturated rings. The maximum Gasteiger partial charge on any atom is 0.251 e. The van der Waals surface area contributed by atoms with Crippen molar-refractivity contribution in [3.05, 3.63) is 35.4 Å². The van der Waals surface area contributed by atoms with Gasteiger partial charge < -0.3 is 10.1 Å². The molecule has 3 atom stereocenters. The normalized spacial score (nSPS) is 29.0. The lowest BCUT2D eigenvalue weighted by atomic mass is 9.57. The second-order valence-corrected chi connectivity index (χ2v) is 7.20. The van der Waals surface area contributed by atoms with Crippen molar-refractivity contribution in [2.24, 2.45) is 11.3 Å². The molecular formula is C18H26N2O2. The molecule has 1 aromatic rings. The lowest BCUT2D eigenvalue weighted by Gasteiger charge is -2.58. The maximum atomic E-state index is 11.6. The van der Waals surface area contributed by atoms with Gasteiger partial charge in [-0.1, -0.05) is 26.0 Å². The van der Waals surface area contributed by atoms with Crippen LogP contribution in [0.4, 0.5) is 0 Å². The van der Waals surface area contributed by atoms with Crippen molar-refractivity contribution in [3.8, 4) is 0 Å². The Balaban J connectivity index is 1.67. The van der Waals surface area contributed by atoms with Crippen LogP contribution in [0.3, 0.4) is 0 Å². The number of nitrogens with one attached hydrogen (secondary N) is 1. The summed E-state index contributed by atoms with van der Waals surface area (Å²) in [5, 5.41) is 2.65. The van der Waals surface area contributed by atoms with E-state index in [9.17, 15) is 4.79 Å². The first kappa shape index (κ1) is 15.5. The second-order valence-electron chi connectivity index (χ2n) is 7.20. The molecule has 0 unspecified atom stereocenters. The van der Waals surface area contributed by atoms with Gasteiger partial charge in [-0.15, -0.1) is 0 Å². The minimum absolute atomic E-state index is 0.0361. The highest BCUT2D eigenvalue weighted by Gasteiger charge is 2.60. The minimum Gasteiger partial charge on any atom is -0.377 e. The smallest absolute Gasteiger partial charge is 0.251 e. The van der Waals surface area contributed by atoms with Gasteiger partial charge in [0.25, 0.3) is 5.91 Å². The van der Waals surface area contributed by atoms with Crippen molar-refractivity contribution in [2.75, 3.05) is 20.7 Å². The molecule has 1 saturated heterocycles. The maximum absolute atomic E-state index is 11.6. The SMILES string of the molecule is CNC(=O)c1ccc(CN(C)[C@@H]2[C@H]3CCO[C@H]3C2(C)C)cc1. The first-order chi connectivity index (χ1) is 10.4. The van der Waals surface area contributed by atoms with Crippen molar-refractivity contribution in [2.45, 2.75) is 39.0 Å². The summed E-state index contributed by atoms with van der Waals surface area (Å²) >= 11 is 0. The third kappa shape index (κ3) is 2.44. The number of hydrogen-bond acceptors (Lipinski definition) is 3. The van der Waals surface area contributed by atoms with Gasteiger partial charge >= 0.3 is 0 Å². The standard InChI is InChI=1S/C18H26N2O2/c1-18(2)15(14-9-10-22-16(14)18)20(4)11-12-5-7-13(8-6-12)17(21)19-3/h5-8,14-16H,9-11H2,1-4H3,(H,19,21)/t14-,15-,16-/m1/s1. The topological polar surface area (TPSA) is 41.6 Å². The van der Waals surface area contributed by atoms with E-state index in [1.54, 1.807) is 7.05 Å². The van der Waals surface area contributed by atoms with Gasteiger partial charge in [0.2, 0.25) is 0 Å². The van der Waals surface area contributed by atoms with Crippen molar-refractivity contribution in [3.63, 3.8) is 0 Å². The van der Waals surface area contributed by atoms with Gasteiger partial charge in [-0.2, -0.15) is 0 Å². The summed E-state index contributed by atoms with van der Waals surface area (Å²) in [4.78, 5) is 14.0. The molecule has 4 nitrogen and oxygen atoms in total. The molecule has 0 radical (unpaired) electrons. The van der Waals surface area contributed by atoms with Crippen molar-refractivity contribution in [1.82, 2.24) is 10.2 Å². The van der Waals surface area contributed by atoms with Crippen LogP contribution in [-0.2, 0) is 11.3 Å². The lowest BCUT2D eigenvalue weighted by molar-refractivity contribution is -0.151. The van der Waals surface area contributed by atoms with E-state index < -0.39 is 0 Å². The number of benzene rings is 1. The quantitative estimate of drug-likeness (QED) is 0.928. The number of amides is 1. The summed E-state index contributed by atoms with van der Waals surface area (Å²) in [5.74, 6) is 0.635. The first-order valence-electron chi connectivity index (χ1n) is 8.08. The van der Waals surface area contributed by atoms with Crippen LogP contribution < -0.4 is 5.32 Å².